The SMILES string of the molecule is CCC(OC1CCCC1)C(=O)NC(C)(C)c1nc2ccccc2n1C. The van der Waals surface area contributed by atoms with E-state index in [1.807, 2.05) is 56.7 Å². The number of hydrogen-bond donors (Lipinski definition) is 1. The molecule has 1 atom stereocenters. The maximum Gasteiger partial charge on any atom is 0.249 e. The van der Waals surface area contributed by atoms with Crippen molar-refractivity contribution < 1.29 is 9.53 Å². The predicted molar refractivity (Wildman–Crippen MR) is 99.3 cm³/mol. The van der Waals surface area contributed by atoms with Crippen molar-refractivity contribution in [2.75, 3.05) is 0 Å². The Balaban J connectivity index is 1.76. The summed E-state index contributed by atoms with van der Waals surface area (Å²) in [4.78, 5) is 17.5. The fourth-order valence-corrected chi connectivity index (χ4v) is 3.75. The van der Waals surface area contributed by atoms with Gasteiger partial charge in [-0.3, -0.25) is 4.79 Å². The number of aromatic nitrogens is 2. The van der Waals surface area contributed by atoms with Crippen LogP contribution >= 0.6 is 0 Å². The number of fused-ring (bicyclic) bond motifs is 1. The van der Waals surface area contributed by atoms with Crippen molar-refractivity contribution in [3.05, 3.63) is 30.1 Å². The largest absolute Gasteiger partial charge is 0.365 e. The van der Waals surface area contributed by atoms with E-state index in [-0.39, 0.29) is 12.0 Å². The molecule has 1 unspecified atom stereocenters. The standard InChI is InChI=1S/C20H29N3O2/c1-5-17(25-14-10-6-7-11-14)18(24)22-20(2,3)19-21-15-12-8-9-13-16(15)23(19)4/h8-9,12-14,17H,5-7,10-11H2,1-4H3,(H,22,24). The zero-order chi connectivity index (χ0) is 18.0. The topological polar surface area (TPSA) is 56.1 Å². The Kier molecular flexibility index (Phi) is 5.13. The third-order valence-corrected chi connectivity index (χ3v) is 5.10. The number of nitrogens with one attached hydrogen (secondary N) is 1. The van der Waals surface area contributed by atoms with E-state index in [9.17, 15) is 4.79 Å². The molecule has 1 aromatic heterocycles. The van der Waals surface area contributed by atoms with Crippen LogP contribution in [-0.4, -0.2) is 27.7 Å². The van der Waals surface area contributed by atoms with E-state index < -0.39 is 11.6 Å². The third-order valence-electron chi connectivity index (χ3n) is 5.10. The summed E-state index contributed by atoms with van der Waals surface area (Å²) in [7, 11) is 1.99. The highest BCUT2D eigenvalue weighted by atomic mass is 16.5. The summed E-state index contributed by atoms with van der Waals surface area (Å²) >= 11 is 0. The molecule has 25 heavy (non-hydrogen) atoms. The van der Waals surface area contributed by atoms with Crippen molar-refractivity contribution in [1.29, 1.82) is 0 Å². The number of carbonyl (C=O) groups excluding carboxylic acids is 1. The Morgan fingerprint density at radius 2 is 2.04 bits per heavy atom. The van der Waals surface area contributed by atoms with Crippen LogP contribution in [0, 0.1) is 0 Å². The van der Waals surface area contributed by atoms with Crippen molar-refractivity contribution in [3.63, 3.8) is 0 Å². The fraction of sp³-hybridized carbons (Fsp3) is 0.600. The summed E-state index contributed by atoms with van der Waals surface area (Å²) in [6, 6.07) is 8.02. The molecule has 0 aliphatic heterocycles. The first-order chi connectivity index (χ1) is 11.9. The number of rotatable bonds is 6. The van der Waals surface area contributed by atoms with Gasteiger partial charge in [0.05, 0.1) is 22.7 Å². The predicted octanol–water partition coefficient (Wildman–Crippen LogP) is 3.66. The fourth-order valence-electron chi connectivity index (χ4n) is 3.75. The van der Waals surface area contributed by atoms with E-state index in [0.29, 0.717) is 6.42 Å². The van der Waals surface area contributed by atoms with Crippen molar-refractivity contribution in [3.8, 4) is 0 Å². The molecule has 5 heteroatoms. The third kappa shape index (κ3) is 3.71. The zero-order valence-electron chi connectivity index (χ0n) is 15.7. The van der Waals surface area contributed by atoms with Gasteiger partial charge in [0.15, 0.2) is 0 Å². The molecule has 1 heterocycles. The van der Waals surface area contributed by atoms with Crippen LogP contribution in [0.4, 0.5) is 0 Å². The van der Waals surface area contributed by atoms with Gasteiger partial charge in [-0.15, -0.1) is 0 Å². The van der Waals surface area contributed by atoms with Crippen LogP contribution in [0.15, 0.2) is 24.3 Å². The van der Waals surface area contributed by atoms with E-state index in [1.165, 1.54) is 12.8 Å². The summed E-state index contributed by atoms with van der Waals surface area (Å²) in [5, 5.41) is 3.15. The second-order valence-corrected chi connectivity index (χ2v) is 7.54. The number of ether oxygens (including phenoxy) is 1. The van der Waals surface area contributed by atoms with Gasteiger partial charge < -0.3 is 14.6 Å². The minimum Gasteiger partial charge on any atom is -0.365 e. The molecule has 1 aromatic carbocycles. The summed E-state index contributed by atoms with van der Waals surface area (Å²) < 4.78 is 8.10. The molecule has 0 spiro atoms. The quantitative estimate of drug-likeness (QED) is 0.871. The molecule has 2 aromatic rings. The van der Waals surface area contributed by atoms with Crippen LogP contribution in [0.1, 0.15) is 58.7 Å². The summed E-state index contributed by atoms with van der Waals surface area (Å²) in [6.45, 7) is 5.99. The first kappa shape index (κ1) is 17.9. The average Bonchev–Trinajstić information content (AvgIpc) is 3.21. The monoisotopic (exact) mass is 343 g/mol. The molecule has 1 fully saturated rings. The van der Waals surface area contributed by atoms with Gasteiger partial charge in [-0.05, 0) is 45.2 Å². The molecule has 5 nitrogen and oxygen atoms in total. The van der Waals surface area contributed by atoms with E-state index in [4.69, 9.17) is 9.72 Å². The number of amides is 1. The van der Waals surface area contributed by atoms with E-state index in [0.717, 1.165) is 29.7 Å². The Labute approximate surface area is 149 Å². The summed E-state index contributed by atoms with van der Waals surface area (Å²) in [6.07, 6.45) is 5.06. The van der Waals surface area contributed by atoms with E-state index >= 15 is 0 Å². The molecule has 0 bridgehead atoms. The number of imidazole rings is 1. The van der Waals surface area contributed by atoms with Gasteiger partial charge in [0.25, 0.3) is 0 Å². The Hall–Kier alpha value is -1.88. The minimum atomic E-state index is -0.572. The van der Waals surface area contributed by atoms with Gasteiger partial charge >= 0.3 is 0 Å². The van der Waals surface area contributed by atoms with E-state index in [1.54, 1.807) is 0 Å². The molecule has 1 aliphatic carbocycles. The lowest BCUT2D eigenvalue weighted by Crippen LogP contribution is -2.48. The van der Waals surface area contributed by atoms with Gasteiger partial charge in [-0.1, -0.05) is 31.9 Å². The van der Waals surface area contributed by atoms with Crippen LogP contribution in [0.25, 0.3) is 11.0 Å². The lowest BCUT2D eigenvalue weighted by Gasteiger charge is -2.29. The Morgan fingerprint density at radius 3 is 2.68 bits per heavy atom. The molecule has 1 N–H and O–H groups in total. The highest BCUT2D eigenvalue weighted by Crippen LogP contribution is 2.26. The summed E-state index contributed by atoms with van der Waals surface area (Å²) in [5.41, 5.74) is 1.43. The maximum atomic E-state index is 12.8. The number of carbonyl (C=O) groups is 1. The lowest BCUT2D eigenvalue weighted by atomic mass is 10.0. The lowest BCUT2D eigenvalue weighted by molar-refractivity contribution is -0.138. The molecule has 1 amide bonds. The van der Waals surface area contributed by atoms with Crippen LogP contribution < -0.4 is 5.32 Å². The molecular formula is C20H29N3O2. The molecule has 1 saturated carbocycles. The number of aryl methyl sites for hydroxylation is 1. The van der Waals surface area contributed by atoms with Crippen molar-refractivity contribution in [2.45, 2.75) is 70.6 Å². The second-order valence-electron chi connectivity index (χ2n) is 7.54. The van der Waals surface area contributed by atoms with Crippen molar-refractivity contribution in [1.82, 2.24) is 14.9 Å². The normalized spacial score (nSPS) is 17.1. The number of benzene rings is 1. The van der Waals surface area contributed by atoms with Gasteiger partial charge in [0.2, 0.25) is 5.91 Å². The highest BCUT2D eigenvalue weighted by Gasteiger charge is 2.32. The van der Waals surface area contributed by atoms with Crippen molar-refractivity contribution in [2.24, 2.45) is 7.05 Å². The van der Waals surface area contributed by atoms with Gasteiger partial charge in [0, 0.05) is 7.05 Å². The molecule has 0 radical (unpaired) electrons. The van der Waals surface area contributed by atoms with Crippen LogP contribution in [0.3, 0.4) is 0 Å². The zero-order valence-corrected chi connectivity index (χ0v) is 15.7. The average molecular weight is 343 g/mol. The van der Waals surface area contributed by atoms with Gasteiger partial charge in [-0.2, -0.15) is 0 Å². The minimum absolute atomic E-state index is 0.0496. The maximum absolute atomic E-state index is 12.8. The number of para-hydroxylation sites is 2. The smallest absolute Gasteiger partial charge is 0.249 e. The number of hydrogen-bond acceptors (Lipinski definition) is 3. The first-order valence-electron chi connectivity index (χ1n) is 9.32. The molecule has 1 aliphatic rings. The molecule has 136 valence electrons. The van der Waals surface area contributed by atoms with E-state index in [2.05, 4.69) is 5.32 Å². The molecular weight excluding hydrogens is 314 g/mol. The van der Waals surface area contributed by atoms with Crippen LogP contribution in [0.5, 0.6) is 0 Å². The first-order valence-corrected chi connectivity index (χ1v) is 9.32. The molecule has 0 saturated heterocycles. The summed E-state index contributed by atoms with van der Waals surface area (Å²) in [5.74, 6) is 0.796. The van der Waals surface area contributed by atoms with Crippen LogP contribution in [-0.2, 0) is 22.1 Å². The second kappa shape index (κ2) is 7.16. The number of nitrogens with zero attached hydrogens (tertiary/aromatic N) is 2. The van der Waals surface area contributed by atoms with Crippen LogP contribution in [0.2, 0.25) is 0 Å². The van der Waals surface area contributed by atoms with Crippen molar-refractivity contribution >= 4 is 16.9 Å². The van der Waals surface area contributed by atoms with Gasteiger partial charge in [-0.25, -0.2) is 4.98 Å². The molecule has 3 rings (SSSR count). The Morgan fingerprint density at radius 1 is 1.36 bits per heavy atom. The highest BCUT2D eigenvalue weighted by molar-refractivity contribution is 5.82. The van der Waals surface area contributed by atoms with Gasteiger partial charge in [0.1, 0.15) is 11.9 Å². The Bertz CT molecular complexity index is 744.